The van der Waals surface area contributed by atoms with E-state index in [2.05, 4.69) is 36.3 Å². The molecular weight excluding hydrogens is 765 g/mol. The molecule has 1 saturated heterocycles. The summed E-state index contributed by atoms with van der Waals surface area (Å²) in [6, 6.07) is -0.998. The highest BCUT2D eigenvalue weighted by atomic mass is 16.4. The molecule has 1 aliphatic heterocycles. The van der Waals surface area contributed by atoms with Crippen molar-refractivity contribution < 1.29 is 39.0 Å². The molecule has 5 amide bonds. The maximum absolute atomic E-state index is 14.2. The van der Waals surface area contributed by atoms with Crippen molar-refractivity contribution in [3.63, 3.8) is 0 Å². The number of guanidine groups is 1. The zero-order chi connectivity index (χ0) is 44.3. The summed E-state index contributed by atoms with van der Waals surface area (Å²) in [7, 11) is 0. The number of unbranched alkanes of at least 4 members (excludes halogenated alkanes) is 2. The minimum atomic E-state index is -1.29. The first-order chi connectivity index (χ1) is 27.8. The third-order valence-corrected chi connectivity index (χ3v) is 9.82. The summed E-state index contributed by atoms with van der Waals surface area (Å²) < 4.78 is 0. The van der Waals surface area contributed by atoms with Gasteiger partial charge >= 0.3 is 5.97 Å². The van der Waals surface area contributed by atoms with Gasteiger partial charge in [-0.15, -0.1) is 0 Å². The van der Waals surface area contributed by atoms with E-state index in [9.17, 15) is 39.0 Å². The normalized spacial score (nSPS) is 16.4. The Bertz CT molecular complexity index is 1660. The number of nitrogens with one attached hydrogen (secondary N) is 4. The molecule has 328 valence electrons. The Kier molecular flexibility index (Phi) is 20.4. The van der Waals surface area contributed by atoms with Gasteiger partial charge in [0.05, 0.1) is 0 Å². The number of azide groups is 1. The molecular formula is C39H64N12O8. The third-order valence-electron chi connectivity index (χ3n) is 9.82. The molecule has 0 saturated carbocycles. The van der Waals surface area contributed by atoms with Crippen molar-refractivity contribution >= 4 is 41.5 Å². The van der Waals surface area contributed by atoms with Gasteiger partial charge in [0.15, 0.2) is 5.96 Å². The number of phenolic OH excluding ortho intramolecular Hbond substituents is 1. The fourth-order valence-corrected chi connectivity index (χ4v) is 6.71. The second-order valence-electron chi connectivity index (χ2n) is 16.3. The van der Waals surface area contributed by atoms with Crippen molar-refractivity contribution in [3.8, 4) is 5.75 Å². The van der Waals surface area contributed by atoms with E-state index in [0.29, 0.717) is 31.4 Å². The Labute approximate surface area is 345 Å². The van der Waals surface area contributed by atoms with Crippen molar-refractivity contribution in [1.29, 1.82) is 0 Å². The number of carbonyl (C=O) groups excluding carboxylic acids is 5. The Balaban J connectivity index is 2.41. The molecule has 6 atom stereocenters. The van der Waals surface area contributed by atoms with Crippen molar-refractivity contribution in [1.82, 2.24) is 26.2 Å². The summed E-state index contributed by atoms with van der Waals surface area (Å²) in [5, 5.41) is 34.1. The highest BCUT2D eigenvalue weighted by Crippen LogP contribution is 2.23. The molecule has 2 rings (SSSR count). The van der Waals surface area contributed by atoms with Gasteiger partial charge in [0, 0.05) is 24.4 Å². The number of aromatic hydroxyl groups is 1. The summed E-state index contributed by atoms with van der Waals surface area (Å²) in [4.78, 5) is 89.6. The van der Waals surface area contributed by atoms with Gasteiger partial charge in [-0.25, -0.2) is 4.79 Å². The smallest absolute Gasteiger partial charge is 0.326 e. The summed E-state index contributed by atoms with van der Waals surface area (Å²) >= 11 is 0. The summed E-state index contributed by atoms with van der Waals surface area (Å²) in [5.74, 6) is -4.77. The molecule has 0 radical (unpaired) electrons. The number of aliphatic imine (C=N–C) groups is 1. The van der Waals surface area contributed by atoms with Crippen LogP contribution in [0.25, 0.3) is 10.4 Å². The molecule has 0 spiro atoms. The van der Waals surface area contributed by atoms with Crippen LogP contribution in [0.5, 0.6) is 5.75 Å². The molecule has 0 aliphatic carbocycles. The number of hydrogen-bond acceptors (Lipinski definition) is 10. The minimum Gasteiger partial charge on any atom is -0.508 e. The van der Waals surface area contributed by atoms with Gasteiger partial charge in [0.2, 0.25) is 29.5 Å². The molecule has 0 bridgehead atoms. The van der Waals surface area contributed by atoms with Gasteiger partial charge in [-0.1, -0.05) is 64.7 Å². The number of benzene rings is 1. The molecule has 0 aromatic heterocycles. The van der Waals surface area contributed by atoms with Crippen LogP contribution in [-0.2, 0) is 35.2 Å². The fourth-order valence-electron chi connectivity index (χ4n) is 6.71. The van der Waals surface area contributed by atoms with Crippen molar-refractivity contribution in [2.24, 2.45) is 38.6 Å². The van der Waals surface area contributed by atoms with Gasteiger partial charge in [0.1, 0.15) is 42.0 Å². The van der Waals surface area contributed by atoms with E-state index in [-0.39, 0.29) is 69.2 Å². The first-order valence-electron chi connectivity index (χ1n) is 20.1. The second-order valence-corrected chi connectivity index (χ2v) is 16.3. The van der Waals surface area contributed by atoms with Crippen molar-refractivity contribution in [2.45, 2.75) is 135 Å². The lowest BCUT2D eigenvalue weighted by molar-refractivity contribution is -0.143. The van der Waals surface area contributed by atoms with E-state index in [1.54, 1.807) is 32.9 Å². The largest absolute Gasteiger partial charge is 0.508 e. The summed E-state index contributed by atoms with van der Waals surface area (Å²) in [5.41, 5.74) is 25.3. The number of nitrogens with zero attached hydrogens (tertiary/aromatic N) is 5. The third kappa shape index (κ3) is 17.0. The lowest BCUT2D eigenvalue weighted by Gasteiger charge is -2.33. The standard InChI is InChI=1S/C39H64N12O8/c1-23(2)21-29(37(58)59)47-35(56)31(39(3,4)5)48-33(54)28(22-24-14-16-25(52)17-15-24)46-34(55)30-13-10-20-51(30)36(57)27(12-9-19-44-38(41)42)45-32(53)26(49-50-43)11-7-6-8-18-40/h14-17,23,26-31,52H,6-13,18-22,40H2,1-5H3,(H,45,53)(H,46,55)(H,47,56)(H,48,54)(H,58,59)(H4,41,42,44)/t26-,27-,28-,29-,30-,31+/m0/s1. The Morgan fingerprint density at radius 1 is 0.898 bits per heavy atom. The molecule has 12 N–H and O–H groups in total. The predicted octanol–water partition coefficient (Wildman–Crippen LogP) is 1.29. The predicted molar refractivity (Wildman–Crippen MR) is 221 cm³/mol. The van der Waals surface area contributed by atoms with E-state index in [0.717, 1.165) is 6.42 Å². The number of carboxylic acids is 1. The van der Waals surface area contributed by atoms with Gasteiger partial charge < -0.3 is 53.6 Å². The number of carboxylic acid groups (broad SMARTS) is 1. The lowest BCUT2D eigenvalue weighted by atomic mass is 9.85. The lowest BCUT2D eigenvalue weighted by Crippen LogP contribution is -2.61. The molecule has 1 aliphatic rings. The molecule has 1 aromatic carbocycles. The van der Waals surface area contributed by atoms with Crippen LogP contribution >= 0.6 is 0 Å². The maximum atomic E-state index is 14.2. The first-order valence-corrected chi connectivity index (χ1v) is 20.1. The zero-order valence-electron chi connectivity index (χ0n) is 34.9. The Morgan fingerprint density at radius 2 is 1.56 bits per heavy atom. The van der Waals surface area contributed by atoms with Gasteiger partial charge in [0.25, 0.3) is 0 Å². The number of hydrogen-bond donors (Lipinski definition) is 9. The number of phenols is 1. The first kappa shape index (κ1) is 49.5. The van der Waals surface area contributed by atoms with Gasteiger partial charge in [-0.05, 0) is 86.1 Å². The topological polar surface area (TPSA) is 333 Å². The van der Waals surface area contributed by atoms with E-state index in [1.165, 1.54) is 17.0 Å². The van der Waals surface area contributed by atoms with Crippen molar-refractivity contribution in [2.75, 3.05) is 19.6 Å². The molecule has 1 heterocycles. The van der Waals surface area contributed by atoms with Crippen LogP contribution in [0.4, 0.5) is 0 Å². The van der Waals surface area contributed by atoms with Crippen LogP contribution in [0.3, 0.4) is 0 Å². The van der Waals surface area contributed by atoms with Crippen molar-refractivity contribution in [3.05, 3.63) is 40.3 Å². The monoisotopic (exact) mass is 828 g/mol. The molecule has 1 aromatic rings. The summed E-state index contributed by atoms with van der Waals surface area (Å²) in [6.07, 6.45) is 3.37. The average molecular weight is 829 g/mol. The molecule has 20 nitrogen and oxygen atoms in total. The second kappa shape index (κ2) is 24.3. The van der Waals surface area contributed by atoms with Crippen LogP contribution in [0.2, 0.25) is 0 Å². The van der Waals surface area contributed by atoms with Gasteiger partial charge in [-0.3, -0.25) is 29.0 Å². The SMILES string of the molecule is CC(C)C[C@H](NC(=O)[C@@H](NC(=O)[C@H](Cc1ccc(O)cc1)NC(=O)[C@@H]1CCCN1C(=O)[C@H](CCCN=C(N)N)NC(=O)[C@H](CCCCCN)N=[N+]=[N-])C(C)(C)C)C(=O)O. The molecule has 1 fully saturated rings. The highest BCUT2D eigenvalue weighted by molar-refractivity contribution is 5.97. The molecule has 59 heavy (non-hydrogen) atoms. The number of carbonyl (C=O) groups is 6. The zero-order valence-corrected chi connectivity index (χ0v) is 34.9. The van der Waals surface area contributed by atoms with E-state index >= 15 is 0 Å². The van der Waals surface area contributed by atoms with E-state index in [4.69, 9.17) is 22.7 Å². The maximum Gasteiger partial charge on any atom is 0.326 e. The van der Waals surface area contributed by atoms with E-state index < -0.39 is 77.2 Å². The number of amides is 5. The Morgan fingerprint density at radius 3 is 2.14 bits per heavy atom. The Hall–Kier alpha value is -5.62. The van der Waals surface area contributed by atoms with Gasteiger partial charge in [-0.2, -0.15) is 0 Å². The number of likely N-dealkylation sites (tertiary alicyclic amines) is 1. The van der Waals surface area contributed by atoms with E-state index in [1.807, 2.05) is 13.8 Å². The number of nitrogens with two attached hydrogens (primary N) is 3. The van der Waals surface area contributed by atoms with Crippen LogP contribution in [-0.4, -0.2) is 112 Å². The highest BCUT2D eigenvalue weighted by Gasteiger charge is 2.41. The van der Waals surface area contributed by atoms with Crippen LogP contribution in [0, 0.1) is 11.3 Å². The number of aliphatic carboxylic acids is 1. The quantitative estimate of drug-likeness (QED) is 0.0179. The molecule has 0 unspecified atom stereocenters. The molecule has 20 heteroatoms. The average Bonchev–Trinajstić information content (AvgIpc) is 3.65. The minimum absolute atomic E-state index is 0.0185. The fraction of sp³-hybridized carbons (Fsp3) is 0.667. The van der Waals surface area contributed by atoms with Crippen LogP contribution < -0.4 is 38.5 Å². The number of rotatable bonds is 24. The van der Waals surface area contributed by atoms with Crippen LogP contribution in [0.15, 0.2) is 34.4 Å². The summed E-state index contributed by atoms with van der Waals surface area (Å²) in [6.45, 7) is 9.54. The van der Waals surface area contributed by atoms with Crippen LogP contribution in [0.1, 0.15) is 98.0 Å².